The van der Waals surface area contributed by atoms with E-state index in [0.29, 0.717) is 0 Å². The van der Waals surface area contributed by atoms with Crippen molar-refractivity contribution in [3.63, 3.8) is 0 Å². The molecule has 0 unspecified atom stereocenters. The molecule has 1 aliphatic carbocycles. The van der Waals surface area contributed by atoms with E-state index in [4.69, 9.17) is 10.8 Å². The molecule has 3 nitrogen and oxygen atoms in total. The van der Waals surface area contributed by atoms with Gasteiger partial charge in [-0.1, -0.05) is 18.8 Å². The van der Waals surface area contributed by atoms with Crippen LogP contribution in [0.5, 0.6) is 0 Å². The molecule has 1 fully saturated rings. The van der Waals surface area contributed by atoms with Crippen molar-refractivity contribution in [2.75, 3.05) is 0 Å². The molecule has 60 valence electrons. The van der Waals surface area contributed by atoms with Crippen molar-refractivity contribution in [1.82, 2.24) is 0 Å². The van der Waals surface area contributed by atoms with E-state index in [1.165, 1.54) is 0 Å². The van der Waals surface area contributed by atoms with E-state index in [0.717, 1.165) is 25.7 Å². The fraction of sp³-hybridized carbons (Fsp3) is 0.625. The molecule has 3 heteroatoms. The zero-order valence-corrected chi connectivity index (χ0v) is 6.26. The van der Waals surface area contributed by atoms with E-state index >= 15 is 0 Å². The first kappa shape index (κ1) is 8.09. The molecule has 0 amide bonds. The first-order valence-corrected chi connectivity index (χ1v) is 3.67. The summed E-state index contributed by atoms with van der Waals surface area (Å²) in [6, 6.07) is 0. The van der Waals surface area contributed by atoms with Gasteiger partial charge in [0.15, 0.2) is 0 Å². The third-order valence-electron chi connectivity index (χ3n) is 1.91. The van der Waals surface area contributed by atoms with Crippen molar-refractivity contribution in [1.29, 1.82) is 0 Å². The second-order valence-electron chi connectivity index (χ2n) is 2.92. The maximum absolute atomic E-state index is 10.1. The van der Waals surface area contributed by atoms with Gasteiger partial charge in [0.25, 0.3) is 0 Å². The van der Waals surface area contributed by atoms with Gasteiger partial charge in [-0.05, 0) is 12.8 Å². The lowest BCUT2D eigenvalue weighted by molar-refractivity contribution is -0.130. The van der Waals surface area contributed by atoms with Crippen molar-refractivity contribution < 1.29 is 9.90 Å². The number of carbonyl (C=O) groups is 1. The normalized spacial score (nSPS) is 20.5. The Morgan fingerprint density at radius 1 is 1.45 bits per heavy atom. The van der Waals surface area contributed by atoms with Crippen LogP contribution in [-0.4, -0.2) is 16.6 Å². The van der Waals surface area contributed by atoms with Crippen LogP contribution in [0.1, 0.15) is 25.7 Å². The van der Waals surface area contributed by atoms with Crippen molar-refractivity contribution in [3.05, 3.63) is 0 Å². The minimum Gasteiger partial charge on any atom is -0.472 e. The molecule has 0 bridgehead atoms. The largest absolute Gasteiger partial charge is 0.472 e. The molecule has 0 saturated heterocycles. The number of carboxylic acid groups (broad SMARTS) is 1. The van der Waals surface area contributed by atoms with Crippen molar-refractivity contribution in [3.8, 4) is 11.8 Å². The van der Waals surface area contributed by atoms with Gasteiger partial charge in [0.1, 0.15) is 0 Å². The maximum Gasteiger partial charge on any atom is 0.381 e. The van der Waals surface area contributed by atoms with E-state index in [-0.39, 0.29) is 0 Å². The summed E-state index contributed by atoms with van der Waals surface area (Å²) in [4.78, 5) is 10.1. The Balaban J connectivity index is 2.61. The van der Waals surface area contributed by atoms with Crippen molar-refractivity contribution in [2.24, 2.45) is 5.73 Å². The number of hydrogen-bond donors (Lipinski definition) is 2. The van der Waals surface area contributed by atoms with Crippen LogP contribution >= 0.6 is 0 Å². The van der Waals surface area contributed by atoms with Crippen molar-refractivity contribution in [2.45, 2.75) is 31.2 Å². The fourth-order valence-corrected chi connectivity index (χ4v) is 1.31. The van der Waals surface area contributed by atoms with Crippen LogP contribution in [-0.2, 0) is 4.79 Å². The Labute approximate surface area is 65.6 Å². The van der Waals surface area contributed by atoms with Crippen LogP contribution in [0, 0.1) is 11.8 Å². The summed E-state index contributed by atoms with van der Waals surface area (Å²) in [5, 5.41) is 8.26. The summed E-state index contributed by atoms with van der Waals surface area (Å²) in [6.07, 6.45) is 3.77. The van der Waals surface area contributed by atoms with Crippen molar-refractivity contribution >= 4 is 5.97 Å². The molecule has 1 aliphatic rings. The topological polar surface area (TPSA) is 63.3 Å². The van der Waals surface area contributed by atoms with Crippen LogP contribution in [0.4, 0.5) is 0 Å². The molecule has 0 aromatic rings. The van der Waals surface area contributed by atoms with Gasteiger partial charge in [0.2, 0.25) is 0 Å². The molecule has 1 saturated carbocycles. The quantitative estimate of drug-likeness (QED) is 0.493. The van der Waals surface area contributed by atoms with Gasteiger partial charge < -0.3 is 10.8 Å². The van der Waals surface area contributed by atoms with Gasteiger partial charge in [0, 0.05) is 5.92 Å². The van der Waals surface area contributed by atoms with Gasteiger partial charge in [0.05, 0.1) is 5.54 Å². The van der Waals surface area contributed by atoms with Gasteiger partial charge in [-0.15, -0.1) is 0 Å². The molecule has 0 spiro atoms. The Morgan fingerprint density at radius 2 is 2.00 bits per heavy atom. The maximum atomic E-state index is 10.1. The van der Waals surface area contributed by atoms with Gasteiger partial charge >= 0.3 is 5.97 Å². The second-order valence-corrected chi connectivity index (χ2v) is 2.92. The molecular weight excluding hydrogens is 142 g/mol. The monoisotopic (exact) mass is 153 g/mol. The Hall–Kier alpha value is -1.01. The van der Waals surface area contributed by atoms with E-state index in [1.807, 2.05) is 0 Å². The molecule has 0 atom stereocenters. The summed E-state index contributed by atoms with van der Waals surface area (Å²) in [5.74, 6) is 3.56. The Morgan fingerprint density at radius 3 is 2.45 bits per heavy atom. The summed E-state index contributed by atoms with van der Waals surface area (Å²) >= 11 is 0. The van der Waals surface area contributed by atoms with E-state index < -0.39 is 11.5 Å². The highest BCUT2D eigenvalue weighted by Gasteiger charge is 2.26. The lowest BCUT2D eigenvalue weighted by Gasteiger charge is -2.13. The standard InChI is InChI=1S/C8H11NO2/c9-8(4-1-2-5-8)6-3-7(10)11/h1-2,4-5,9H2,(H,10,11). The van der Waals surface area contributed by atoms with Gasteiger partial charge in [-0.3, -0.25) is 0 Å². The van der Waals surface area contributed by atoms with Crippen LogP contribution in [0.2, 0.25) is 0 Å². The average Bonchev–Trinajstić information content (AvgIpc) is 2.33. The highest BCUT2D eigenvalue weighted by molar-refractivity contribution is 5.86. The number of rotatable bonds is 0. The fourth-order valence-electron chi connectivity index (χ4n) is 1.31. The smallest absolute Gasteiger partial charge is 0.381 e. The van der Waals surface area contributed by atoms with Crippen LogP contribution < -0.4 is 5.73 Å². The van der Waals surface area contributed by atoms with E-state index in [9.17, 15) is 4.79 Å². The molecule has 0 aromatic heterocycles. The van der Waals surface area contributed by atoms with E-state index in [2.05, 4.69) is 11.8 Å². The molecule has 0 aliphatic heterocycles. The highest BCUT2D eigenvalue weighted by atomic mass is 16.4. The van der Waals surface area contributed by atoms with Gasteiger partial charge in [-0.25, -0.2) is 4.79 Å². The SMILES string of the molecule is NC1(C#CC(=O)O)CCCC1. The Kier molecular flexibility index (Phi) is 2.16. The molecule has 3 N–H and O–H groups in total. The third-order valence-corrected chi connectivity index (χ3v) is 1.91. The van der Waals surface area contributed by atoms with Crippen LogP contribution in [0.3, 0.4) is 0 Å². The molecule has 1 rings (SSSR count). The van der Waals surface area contributed by atoms with Crippen LogP contribution in [0.25, 0.3) is 0 Å². The second kappa shape index (κ2) is 2.93. The third kappa shape index (κ3) is 2.24. The summed E-state index contributed by atoms with van der Waals surface area (Å²) in [6.45, 7) is 0. The van der Waals surface area contributed by atoms with E-state index in [1.54, 1.807) is 0 Å². The first-order chi connectivity index (χ1) is 5.12. The molecular formula is C8H11NO2. The number of hydrogen-bond acceptors (Lipinski definition) is 2. The first-order valence-electron chi connectivity index (χ1n) is 3.67. The zero-order valence-electron chi connectivity index (χ0n) is 6.26. The predicted octanol–water partition coefficient (Wildman–Crippen LogP) is 0.346. The zero-order chi connectivity index (χ0) is 8.32. The molecule has 0 aromatic carbocycles. The number of nitrogens with two attached hydrogens (primary N) is 1. The average molecular weight is 153 g/mol. The number of carboxylic acids is 1. The summed E-state index contributed by atoms with van der Waals surface area (Å²) < 4.78 is 0. The molecule has 11 heavy (non-hydrogen) atoms. The minimum atomic E-state index is -1.10. The van der Waals surface area contributed by atoms with Gasteiger partial charge in [-0.2, -0.15) is 0 Å². The summed E-state index contributed by atoms with van der Waals surface area (Å²) in [7, 11) is 0. The lowest BCUT2D eigenvalue weighted by atomic mass is 10.0. The highest BCUT2D eigenvalue weighted by Crippen LogP contribution is 2.25. The minimum absolute atomic E-state index is 0.515. The lowest BCUT2D eigenvalue weighted by Crippen LogP contribution is -2.34. The Bertz CT molecular complexity index is 218. The number of aliphatic carboxylic acids is 1. The molecule has 0 heterocycles. The predicted molar refractivity (Wildman–Crippen MR) is 40.8 cm³/mol. The molecule has 0 radical (unpaired) electrons. The summed E-state index contributed by atoms with van der Waals surface area (Å²) in [5.41, 5.74) is 5.25. The van der Waals surface area contributed by atoms with Crippen LogP contribution in [0.15, 0.2) is 0 Å².